The molecule has 1 unspecified atom stereocenters. The quantitative estimate of drug-likeness (QED) is 0.676. The molecule has 15 heavy (non-hydrogen) atoms. The van der Waals surface area contributed by atoms with E-state index in [1.54, 1.807) is 0 Å². The molecule has 2 heterocycles. The summed E-state index contributed by atoms with van der Waals surface area (Å²) < 4.78 is 0. The zero-order valence-corrected chi connectivity index (χ0v) is 9.28. The standard InChI is InChI=1S/C11H20N2O2/c1-8(14)9-3-6-13(7-4-9)11(15)10-2-5-12-10/h8-10,12,14H,2-7H2,1H3/t8?,10-/m1/s1. The fourth-order valence-electron chi connectivity index (χ4n) is 2.32. The summed E-state index contributed by atoms with van der Waals surface area (Å²) in [5.41, 5.74) is 0. The van der Waals surface area contributed by atoms with Crippen LogP contribution in [0.1, 0.15) is 26.2 Å². The topological polar surface area (TPSA) is 52.6 Å². The lowest BCUT2D eigenvalue weighted by Gasteiger charge is -2.37. The number of likely N-dealkylation sites (tertiary alicyclic amines) is 1. The second-order valence-electron chi connectivity index (χ2n) is 4.70. The van der Waals surface area contributed by atoms with Gasteiger partial charge in [0.1, 0.15) is 0 Å². The SMILES string of the molecule is CC(O)C1CCN(C(=O)[C@H]2CCN2)CC1. The molecule has 1 amide bonds. The number of nitrogens with zero attached hydrogens (tertiary/aromatic N) is 1. The highest BCUT2D eigenvalue weighted by atomic mass is 16.3. The Kier molecular flexibility index (Phi) is 3.26. The van der Waals surface area contributed by atoms with Gasteiger partial charge in [0.2, 0.25) is 5.91 Å². The van der Waals surface area contributed by atoms with Crippen molar-refractivity contribution in [1.82, 2.24) is 10.2 Å². The van der Waals surface area contributed by atoms with Crippen molar-refractivity contribution in [3.8, 4) is 0 Å². The molecule has 2 rings (SSSR count). The normalized spacial score (nSPS) is 29.7. The van der Waals surface area contributed by atoms with Crippen LogP contribution in [0.4, 0.5) is 0 Å². The number of amides is 1. The fraction of sp³-hybridized carbons (Fsp3) is 0.909. The minimum atomic E-state index is -0.232. The Morgan fingerprint density at radius 2 is 2.00 bits per heavy atom. The average Bonchev–Trinajstić information content (AvgIpc) is 2.15. The van der Waals surface area contributed by atoms with E-state index in [0.29, 0.717) is 5.92 Å². The Bertz CT molecular complexity index is 231. The molecule has 0 bridgehead atoms. The van der Waals surface area contributed by atoms with Gasteiger partial charge in [0, 0.05) is 13.1 Å². The van der Waals surface area contributed by atoms with E-state index < -0.39 is 0 Å². The Hall–Kier alpha value is -0.610. The van der Waals surface area contributed by atoms with Crippen molar-refractivity contribution in [1.29, 1.82) is 0 Å². The minimum Gasteiger partial charge on any atom is -0.393 e. The molecule has 0 aliphatic carbocycles. The van der Waals surface area contributed by atoms with Crippen LogP contribution in [-0.2, 0) is 4.79 Å². The lowest BCUT2D eigenvalue weighted by Crippen LogP contribution is -2.56. The van der Waals surface area contributed by atoms with E-state index in [1.165, 1.54) is 0 Å². The highest BCUT2D eigenvalue weighted by molar-refractivity contribution is 5.82. The van der Waals surface area contributed by atoms with E-state index >= 15 is 0 Å². The van der Waals surface area contributed by atoms with E-state index in [4.69, 9.17) is 0 Å². The van der Waals surface area contributed by atoms with Crippen LogP contribution >= 0.6 is 0 Å². The first-order valence-corrected chi connectivity index (χ1v) is 5.88. The molecule has 0 radical (unpaired) electrons. The Morgan fingerprint density at radius 3 is 2.40 bits per heavy atom. The Labute approximate surface area is 90.6 Å². The third-order valence-electron chi connectivity index (χ3n) is 3.66. The van der Waals surface area contributed by atoms with E-state index in [-0.39, 0.29) is 18.1 Å². The van der Waals surface area contributed by atoms with Crippen LogP contribution in [0.25, 0.3) is 0 Å². The van der Waals surface area contributed by atoms with Crippen molar-refractivity contribution in [3.05, 3.63) is 0 Å². The molecule has 2 fully saturated rings. The summed E-state index contributed by atoms with van der Waals surface area (Å²) in [5, 5.41) is 12.6. The first kappa shape index (κ1) is 10.9. The number of aliphatic hydroxyl groups excluding tert-OH is 1. The molecule has 0 spiro atoms. The molecule has 4 heteroatoms. The maximum atomic E-state index is 11.9. The van der Waals surface area contributed by atoms with E-state index in [2.05, 4.69) is 5.32 Å². The molecule has 86 valence electrons. The van der Waals surface area contributed by atoms with Crippen LogP contribution in [0.15, 0.2) is 0 Å². The summed E-state index contributed by atoms with van der Waals surface area (Å²) in [7, 11) is 0. The Balaban J connectivity index is 1.79. The first-order chi connectivity index (χ1) is 7.18. The molecule has 2 aliphatic rings. The van der Waals surface area contributed by atoms with Crippen LogP contribution in [0.3, 0.4) is 0 Å². The van der Waals surface area contributed by atoms with Crippen molar-refractivity contribution in [2.24, 2.45) is 5.92 Å². The van der Waals surface area contributed by atoms with Crippen LogP contribution in [0.5, 0.6) is 0 Å². The second kappa shape index (κ2) is 4.49. The van der Waals surface area contributed by atoms with Crippen molar-refractivity contribution in [2.45, 2.75) is 38.3 Å². The summed E-state index contributed by atoms with van der Waals surface area (Å²) in [5.74, 6) is 0.633. The molecule has 2 N–H and O–H groups in total. The molecule has 0 saturated carbocycles. The van der Waals surface area contributed by atoms with Crippen LogP contribution in [-0.4, -0.2) is 47.7 Å². The van der Waals surface area contributed by atoms with E-state index in [0.717, 1.165) is 38.9 Å². The van der Waals surface area contributed by atoms with Crippen LogP contribution in [0, 0.1) is 5.92 Å². The molecule has 0 aromatic heterocycles. The van der Waals surface area contributed by atoms with Gasteiger partial charge in [-0.2, -0.15) is 0 Å². The van der Waals surface area contributed by atoms with Crippen LogP contribution < -0.4 is 5.32 Å². The lowest BCUT2D eigenvalue weighted by atomic mass is 9.91. The highest BCUT2D eigenvalue weighted by Gasteiger charge is 2.32. The van der Waals surface area contributed by atoms with Crippen molar-refractivity contribution in [3.63, 3.8) is 0 Å². The van der Waals surface area contributed by atoms with Gasteiger partial charge in [0.15, 0.2) is 0 Å². The number of piperidine rings is 1. The number of aliphatic hydroxyl groups is 1. The predicted molar refractivity (Wildman–Crippen MR) is 57.4 cm³/mol. The molecule has 0 aromatic carbocycles. The van der Waals surface area contributed by atoms with Crippen molar-refractivity contribution in [2.75, 3.05) is 19.6 Å². The molecular weight excluding hydrogens is 192 g/mol. The second-order valence-corrected chi connectivity index (χ2v) is 4.70. The van der Waals surface area contributed by atoms with Gasteiger partial charge < -0.3 is 15.3 Å². The molecule has 2 atom stereocenters. The number of rotatable bonds is 2. The van der Waals surface area contributed by atoms with Gasteiger partial charge in [-0.3, -0.25) is 4.79 Å². The van der Waals surface area contributed by atoms with Gasteiger partial charge in [-0.25, -0.2) is 0 Å². The largest absolute Gasteiger partial charge is 0.393 e. The van der Waals surface area contributed by atoms with Gasteiger partial charge in [0.05, 0.1) is 12.1 Å². The molecule has 4 nitrogen and oxygen atoms in total. The van der Waals surface area contributed by atoms with Crippen molar-refractivity contribution < 1.29 is 9.90 Å². The van der Waals surface area contributed by atoms with Gasteiger partial charge >= 0.3 is 0 Å². The summed E-state index contributed by atoms with van der Waals surface area (Å²) in [6, 6.07) is 0.0769. The lowest BCUT2D eigenvalue weighted by molar-refractivity contribution is -0.137. The molecule has 2 aliphatic heterocycles. The Morgan fingerprint density at radius 1 is 1.40 bits per heavy atom. The smallest absolute Gasteiger partial charge is 0.239 e. The van der Waals surface area contributed by atoms with E-state index in [1.807, 2.05) is 11.8 Å². The minimum absolute atomic E-state index is 0.0769. The number of hydrogen-bond donors (Lipinski definition) is 2. The third-order valence-corrected chi connectivity index (χ3v) is 3.66. The van der Waals surface area contributed by atoms with Gasteiger partial charge in [-0.15, -0.1) is 0 Å². The summed E-state index contributed by atoms with van der Waals surface area (Å²) >= 11 is 0. The van der Waals surface area contributed by atoms with Crippen LogP contribution in [0.2, 0.25) is 0 Å². The monoisotopic (exact) mass is 212 g/mol. The number of nitrogens with one attached hydrogen (secondary N) is 1. The summed E-state index contributed by atoms with van der Waals surface area (Å²) in [6.07, 6.45) is 2.63. The van der Waals surface area contributed by atoms with E-state index in [9.17, 15) is 9.90 Å². The maximum Gasteiger partial charge on any atom is 0.239 e. The average molecular weight is 212 g/mol. The highest BCUT2D eigenvalue weighted by Crippen LogP contribution is 2.21. The maximum absolute atomic E-state index is 11.9. The first-order valence-electron chi connectivity index (χ1n) is 5.88. The molecule has 2 saturated heterocycles. The van der Waals surface area contributed by atoms with Gasteiger partial charge in [-0.05, 0) is 38.6 Å². The fourth-order valence-corrected chi connectivity index (χ4v) is 2.32. The zero-order valence-electron chi connectivity index (χ0n) is 9.28. The van der Waals surface area contributed by atoms with Crippen molar-refractivity contribution >= 4 is 5.91 Å². The third kappa shape index (κ3) is 2.32. The molecule has 0 aromatic rings. The van der Waals surface area contributed by atoms with Gasteiger partial charge in [-0.1, -0.05) is 0 Å². The molecular formula is C11H20N2O2. The summed E-state index contributed by atoms with van der Waals surface area (Å²) in [6.45, 7) is 4.44. The number of carbonyl (C=O) groups excluding carboxylic acids is 1. The van der Waals surface area contributed by atoms with Gasteiger partial charge in [0.25, 0.3) is 0 Å². The number of hydrogen-bond acceptors (Lipinski definition) is 3. The summed E-state index contributed by atoms with van der Waals surface area (Å²) in [4.78, 5) is 13.8. The predicted octanol–water partition coefficient (Wildman–Crippen LogP) is -0.0323. The number of carbonyl (C=O) groups is 1. The zero-order chi connectivity index (χ0) is 10.8.